The minimum Gasteiger partial charge on any atom is -0.478 e. The monoisotopic (exact) mass is 532 g/mol. The maximum Gasteiger partial charge on any atom is 0.331 e. The summed E-state index contributed by atoms with van der Waals surface area (Å²) in [4.78, 5) is 25.0. The smallest absolute Gasteiger partial charge is 0.331 e. The van der Waals surface area contributed by atoms with Crippen molar-refractivity contribution < 1.29 is 29.6 Å². The first-order valence-electron chi connectivity index (χ1n) is 15.1. The van der Waals surface area contributed by atoms with Crippen LogP contribution in [0.1, 0.15) is 107 Å². The highest BCUT2D eigenvalue weighted by atomic mass is 16.5. The van der Waals surface area contributed by atoms with Crippen LogP contribution < -0.4 is 0 Å². The summed E-state index contributed by atoms with van der Waals surface area (Å²) in [7, 11) is 0. The van der Waals surface area contributed by atoms with E-state index in [4.69, 9.17) is 4.74 Å². The lowest BCUT2D eigenvalue weighted by molar-refractivity contribution is -0.267. The second-order valence-corrected chi connectivity index (χ2v) is 14.5. The van der Waals surface area contributed by atoms with E-state index in [1.54, 1.807) is 0 Å². The molecule has 4 fully saturated rings. The molecular weight excluding hydrogens is 480 g/mol. The van der Waals surface area contributed by atoms with E-state index in [0.717, 1.165) is 44.1 Å². The van der Waals surface area contributed by atoms with Crippen molar-refractivity contribution >= 4 is 11.9 Å². The van der Waals surface area contributed by atoms with Gasteiger partial charge in [0.25, 0.3) is 0 Å². The van der Waals surface area contributed by atoms with Gasteiger partial charge in [-0.3, -0.25) is 4.79 Å². The Morgan fingerprint density at radius 2 is 1.71 bits per heavy atom. The van der Waals surface area contributed by atoms with Crippen molar-refractivity contribution in [3.8, 4) is 0 Å². The van der Waals surface area contributed by atoms with Gasteiger partial charge in [-0.05, 0) is 96.9 Å². The summed E-state index contributed by atoms with van der Waals surface area (Å²) in [6, 6.07) is 0. The number of rotatable bonds is 6. The lowest BCUT2D eigenvalue weighted by Crippen LogP contribution is -2.69. The number of hydrogen-bond acceptors (Lipinski definition) is 5. The average molecular weight is 533 g/mol. The van der Waals surface area contributed by atoms with Gasteiger partial charge >= 0.3 is 11.9 Å². The molecule has 4 aliphatic rings. The zero-order chi connectivity index (χ0) is 28.4. The first-order valence-corrected chi connectivity index (χ1v) is 15.1. The highest BCUT2D eigenvalue weighted by molar-refractivity contribution is 5.88. The number of esters is 1. The molecule has 0 radical (unpaired) electrons. The SMILES string of the molecule is CC(=O)O[C@H]1C[C@@]2(C)[C@@H](CC[C@H]3[C@@]4(C)CC[C@@H](O)[C@@H](C)[C@@H]4[C@@H](C)[C@H](O)[C@@]32C)/C1=C(\CCCC(C)C)C(=O)O. The van der Waals surface area contributed by atoms with E-state index < -0.39 is 29.0 Å². The maximum absolute atomic E-state index is 12.7. The standard InChI is InChI=1S/C32H52O6/c1-17(2)10-9-11-21(29(36)37)26-22-12-13-25-30(6)15-14-23(34)18(3)27(30)19(4)28(35)32(25,8)31(22,7)16-24(26)38-20(5)33/h17-19,22-25,27-28,34-35H,9-16H2,1-8H3,(H,36,37)/b26-21-/t18-,19-,22+,23-,24+,25+,27-,28+,30-,31+,32-/m1/s1. The zero-order valence-electron chi connectivity index (χ0n) is 24.9. The second-order valence-electron chi connectivity index (χ2n) is 14.5. The summed E-state index contributed by atoms with van der Waals surface area (Å²) in [6.07, 6.45) is 4.74. The molecule has 0 aromatic heterocycles. The molecule has 0 heterocycles. The molecule has 0 unspecified atom stereocenters. The topological polar surface area (TPSA) is 104 Å². The number of hydrogen-bond donors (Lipinski definition) is 3. The number of carboxylic acid groups (broad SMARTS) is 1. The third-order valence-electron chi connectivity index (χ3n) is 12.3. The van der Waals surface area contributed by atoms with Crippen LogP contribution in [0.2, 0.25) is 0 Å². The molecule has 0 aliphatic heterocycles. The lowest BCUT2D eigenvalue weighted by Gasteiger charge is -2.71. The van der Waals surface area contributed by atoms with Gasteiger partial charge in [0.05, 0.1) is 12.2 Å². The summed E-state index contributed by atoms with van der Waals surface area (Å²) < 4.78 is 5.91. The first kappa shape index (κ1) is 29.6. The van der Waals surface area contributed by atoms with Crippen LogP contribution in [0.4, 0.5) is 0 Å². The van der Waals surface area contributed by atoms with Crippen molar-refractivity contribution in [1.29, 1.82) is 0 Å². The third kappa shape index (κ3) is 4.27. The molecule has 4 saturated carbocycles. The Balaban J connectivity index is 1.83. The Morgan fingerprint density at radius 1 is 1.05 bits per heavy atom. The van der Waals surface area contributed by atoms with Crippen LogP contribution in [0.5, 0.6) is 0 Å². The average Bonchev–Trinajstić information content (AvgIpc) is 3.09. The number of aliphatic carboxylic acids is 1. The summed E-state index contributed by atoms with van der Waals surface area (Å²) in [5.41, 5.74) is 0.328. The molecule has 0 saturated heterocycles. The molecule has 3 N–H and O–H groups in total. The molecule has 216 valence electrons. The molecule has 0 amide bonds. The van der Waals surface area contributed by atoms with Gasteiger partial charge in [0.2, 0.25) is 0 Å². The van der Waals surface area contributed by atoms with Crippen LogP contribution in [0, 0.1) is 51.8 Å². The maximum atomic E-state index is 12.7. The molecule has 4 rings (SSSR count). The fraction of sp³-hybridized carbons (Fsp3) is 0.875. The van der Waals surface area contributed by atoms with E-state index >= 15 is 0 Å². The molecule has 0 aromatic carbocycles. The molecule has 0 spiro atoms. The van der Waals surface area contributed by atoms with Crippen molar-refractivity contribution in [2.24, 2.45) is 51.8 Å². The molecule has 11 atom stereocenters. The summed E-state index contributed by atoms with van der Waals surface area (Å²) in [5, 5.41) is 33.4. The second kappa shape index (κ2) is 10.2. The fourth-order valence-electron chi connectivity index (χ4n) is 10.6. The summed E-state index contributed by atoms with van der Waals surface area (Å²) >= 11 is 0. The molecule has 6 nitrogen and oxygen atoms in total. The van der Waals surface area contributed by atoms with Gasteiger partial charge in [-0.1, -0.05) is 54.9 Å². The van der Waals surface area contributed by atoms with Gasteiger partial charge < -0.3 is 20.1 Å². The van der Waals surface area contributed by atoms with Crippen LogP contribution in [0.3, 0.4) is 0 Å². The number of carbonyl (C=O) groups is 2. The number of carbonyl (C=O) groups excluding carboxylic acids is 1. The number of aliphatic hydroxyl groups excluding tert-OH is 2. The largest absolute Gasteiger partial charge is 0.478 e. The Hall–Kier alpha value is -1.40. The van der Waals surface area contributed by atoms with E-state index in [2.05, 4.69) is 48.5 Å². The van der Waals surface area contributed by atoms with Crippen LogP contribution in [-0.2, 0) is 14.3 Å². The quantitative estimate of drug-likeness (QED) is 0.287. The Kier molecular flexibility index (Phi) is 7.95. The van der Waals surface area contributed by atoms with Crippen LogP contribution in [-0.4, -0.2) is 45.6 Å². The van der Waals surface area contributed by atoms with Crippen LogP contribution in [0.25, 0.3) is 0 Å². The van der Waals surface area contributed by atoms with Gasteiger partial charge in [-0.2, -0.15) is 0 Å². The van der Waals surface area contributed by atoms with Gasteiger partial charge in [-0.15, -0.1) is 0 Å². The molecule has 38 heavy (non-hydrogen) atoms. The Labute approximate surface area is 229 Å². The van der Waals surface area contributed by atoms with Crippen LogP contribution in [0.15, 0.2) is 11.1 Å². The van der Waals surface area contributed by atoms with Gasteiger partial charge in [-0.25, -0.2) is 4.79 Å². The Morgan fingerprint density at radius 3 is 2.29 bits per heavy atom. The molecule has 6 heteroatoms. The van der Waals surface area contributed by atoms with Crippen molar-refractivity contribution in [3.05, 3.63) is 11.1 Å². The lowest BCUT2D eigenvalue weighted by atomic mass is 9.34. The Bertz CT molecular complexity index is 971. The van der Waals surface area contributed by atoms with Gasteiger partial charge in [0, 0.05) is 17.9 Å². The van der Waals surface area contributed by atoms with E-state index in [1.165, 1.54) is 6.92 Å². The first-order chi connectivity index (χ1) is 17.6. The van der Waals surface area contributed by atoms with Crippen molar-refractivity contribution in [3.63, 3.8) is 0 Å². The fourth-order valence-corrected chi connectivity index (χ4v) is 10.6. The summed E-state index contributed by atoms with van der Waals surface area (Å²) in [5.74, 6) is -0.244. The minimum atomic E-state index is -0.905. The third-order valence-corrected chi connectivity index (χ3v) is 12.3. The van der Waals surface area contributed by atoms with Gasteiger partial charge in [0.15, 0.2) is 0 Å². The van der Waals surface area contributed by atoms with Gasteiger partial charge in [0.1, 0.15) is 6.10 Å². The van der Waals surface area contributed by atoms with E-state index in [1.807, 2.05) is 0 Å². The molecule has 4 aliphatic carbocycles. The molecule has 0 aromatic rings. The normalized spacial score (nSPS) is 47.7. The highest BCUT2D eigenvalue weighted by Crippen LogP contribution is 2.75. The van der Waals surface area contributed by atoms with Crippen molar-refractivity contribution in [1.82, 2.24) is 0 Å². The van der Waals surface area contributed by atoms with E-state index in [0.29, 0.717) is 24.3 Å². The number of fused-ring (bicyclic) bond motifs is 5. The number of ether oxygens (including phenoxy) is 1. The summed E-state index contributed by atoms with van der Waals surface area (Å²) in [6.45, 7) is 16.9. The molecular formula is C32H52O6. The van der Waals surface area contributed by atoms with E-state index in [-0.39, 0.29) is 47.1 Å². The van der Waals surface area contributed by atoms with Crippen molar-refractivity contribution in [2.75, 3.05) is 0 Å². The number of aliphatic hydroxyl groups is 2. The van der Waals surface area contributed by atoms with E-state index in [9.17, 15) is 24.9 Å². The predicted octanol–water partition coefficient (Wildman–Crippen LogP) is 5.99. The zero-order valence-corrected chi connectivity index (χ0v) is 24.9. The number of carboxylic acids is 1. The molecule has 0 bridgehead atoms. The minimum absolute atomic E-state index is 0.00645. The predicted molar refractivity (Wildman–Crippen MR) is 147 cm³/mol. The van der Waals surface area contributed by atoms with Crippen LogP contribution >= 0.6 is 0 Å². The highest BCUT2D eigenvalue weighted by Gasteiger charge is 2.72. The van der Waals surface area contributed by atoms with Crippen molar-refractivity contribution in [2.45, 2.75) is 125 Å².